The van der Waals surface area contributed by atoms with Crippen molar-refractivity contribution < 1.29 is 28.7 Å². The van der Waals surface area contributed by atoms with Crippen LogP contribution < -0.4 is 0 Å². The maximum absolute atomic E-state index is 11.0. The summed E-state index contributed by atoms with van der Waals surface area (Å²) in [4.78, 5) is 32.3. The zero-order chi connectivity index (χ0) is 12.9. The van der Waals surface area contributed by atoms with Crippen LogP contribution in [0.15, 0.2) is 0 Å². The number of hydrogen-bond acceptors (Lipinski definition) is 4. The van der Waals surface area contributed by atoms with Crippen LogP contribution in [-0.2, 0) is 19.1 Å². The summed E-state index contributed by atoms with van der Waals surface area (Å²) in [5.74, 6) is -2.77. The lowest BCUT2D eigenvalue weighted by molar-refractivity contribution is -0.873. The van der Waals surface area contributed by atoms with E-state index in [0.29, 0.717) is 11.0 Å². The first-order valence-electron chi connectivity index (χ1n) is 4.85. The summed E-state index contributed by atoms with van der Waals surface area (Å²) in [6, 6.07) is 0. The molecular formula is C10H18NO5+. The van der Waals surface area contributed by atoms with E-state index in [9.17, 15) is 14.4 Å². The molecule has 0 aromatic carbocycles. The van der Waals surface area contributed by atoms with Gasteiger partial charge in [0.25, 0.3) is 0 Å². The molecule has 92 valence electrons. The van der Waals surface area contributed by atoms with Gasteiger partial charge in [0.2, 0.25) is 5.78 Å². The number of carbonyl (C=O) groups excluding carboxylic acids is 2. The Morgan fingerprint density at radius 1 is 1.25 bits per heavy atom. The third kappa shape index (κ3) is 6.94. The number of likely N-dealkylation sites (N-methyl/N-ethyl adjacent to an activating group) is 1. The van der Waals surface area contributed by atoms with Crippen LogP contribution in [0, 0.1) is 0 Å². The fraction of sp³-hybridized carbons (Fsp3) is 0.700. The van der Waals surface area contributed by atoms with Crippen LogP contribution in [0.3, 0.4) is 0 Å². The maximum Gasteiger partial charge on any atom is 0.374 e. The first-order valence-corrected chi connectivity index (χ1v) is 4.85. The highest BCUT2D eigenvalue weighted by molar-refractivity contribution is 6.32. The molecule has 16 heavy (non-hydrogen) atoms. The number of quaternary nitrogens is 1. The lowest BCUT2D eigenvalue weighted by Gasteiger charge is -2.28. The molecule has 0 aromatic heterocycles. The molecule has 1 atom stereocenters. The fourth-order valence-corrected chi connectivity index (χ4v) is 1.18. The van der Waals surface area contributed by atoms with Crippen molar-refractivity contribution in [3.8, 4) is 0 Å². The van der Waals surface area contributed by atoms with Crippen molar-refractivity contribution in [2.45, 2.75) is 19.4 Å². The number of aliphatic carboxylic acids is 1. The van der Waals surface area contributed by atoms with Gasteiger partial charge >= 0.3 is 11.9 Å². The van der Waals surface area contributed by atoms with Crippen molar-refractivity contribution in [2.24, 2.45) is 0 Å². The van der Waals surface area contributed by atoms with Crippen molar-refractivity contribution in [3.63, 3.8) is 0 Å². The number of carboxylic acid groups (broad SMARTS) is 1. The smallest absolute Gasteiger partial charge is 0.374 e. The molecule has 0 unspecified atom stereocenters. The predicted octanol–water partition coefficient (Wildman–Crippen LogP) is -0.332. The third-order valence-corrected chi connectivity index (χ3v) is 1.71. The van der Waals surface area contributed by atoms with Gasteiger partial charge in [0.1, 0.15) is 6.54 Å². The van der Waals surface area contributed by atoms with Gasteiger partial charge in [0, 0.05) is 6.92 Å². The summed E-state index contributed by atoms with van der Waals surface area (Å²) in [6.07, 6.45) is -1.08. The van der Waals surface area contributed by atoms with Gasteiger partial charge in [0.05, 0.1) is 27.6 Å². The number of ketones is 1. The van der Waals surface area contributed by atoms with Crippen LogP contribution in [0.2, 0.25) is 0 Å². The van der Waals surface area contributed by atoms with Crippen LogP contribution in [-0.4, -0.2) is 61.1 Å². The van der Waals surface area contributed by atoms with E-state index in [0.717, 1.165) is 6.92 Å². The maximum atomic E-state index is 11.0. The highest BCUT2D eigenvalue weighted by Crippen LogP contribution is 2.05. The monoisotopic (exact) mass is 232 g/mol. The second-order valence-electron chi connectivity index (χ2n) is 4.65. The van der Waals surface area contributed by atoms with Crippen molar-refractivity contribution >= 4 is 17.7 Å². The Kier molecular flexibility index (Phi) is 5.10. The number of rotatable bonds is 6. The van der Waals surface area contributed by atoms with Crippen LogP contribution in [0.1, 0.15) is 13.3 Å². The third-order valence-electron chi connectivity index (χ3n) is 1.71. The molecular weight excluding hydrogens is 214 g/mol. The molecule has 0 saturated heterocycles. The van der Waals surface area contributed by atoms with Crippen molar-refractivity contribution in [3.05, 3.63) is 0 Å². The molecule has 6 heteroatoms. The van der Waals surface area contributed by atoms with Crippen molar-refractivity contribution in [1.29, 1.82) is 0 Å². The second-order valence-corrected chi connectivity index (χ2v) is 4.65. The Bertz CT molecular complexity index is 292. The van der Waals surface area contributed by atoms with E-state index in [1.165, 1.54) is 0 Å². The SMILES string of the molecule is CC(=O)C(=O)O[C@H](CC(=O)O)C[N+](C)(C)C. The average molecular weight is 232 g/mol. The van der Waals surface area contributed by atoms with E-state index in [1.807, 2.05) is 21.1 Å². The minimum absolute atomic E-state index is 0.297. The highest BCUT2D eigenvalue weighted by atomic mass is 16.5. The molecule has 0 saturated carbocycles. The standard InChI is InChI=1S/C10H17NO5/c1-7(12)10(15)16-8(5-9(13)14)6-11(2,3)4/h8H,5-6H2,1-4H3/p+1/t8-/m1/s1. The van der Waals surface area contributed by atoms with Crippen LogP contribution in [0.4, 0.5) is 0 Å². The van der Waals surface area contributed by atoms with Gasteiger partial charge in [-0.3, -0.25) is 9.59 Å². The van der Waals surface area contributed by atoms with E-state index in [2.05, 4.69) is 0 Å². The summed E-state index contributed by atoms with van der Waals surface area (Å²) in [5, 5.41) is 8.65. The number of hydrogen-bond donors (Lipinski definition) is 1. The molecule has 0 rings (SSSR count). The molecule has 0 fully saturated rings. The minimum atomic E-state index is -1.06. The average Bonchev–Trinajstić information content (AvgIpc) is 1.98. The van der Waals surface area contributed by atoms with E-state index in [4.69, 9.17) is 9.84 Å². The summed E-state index contributed by atoms with van der Waals surface area (Å²) in [5.41, 5.74) is 0. The number of Topliss-reactive ketones (excluding diaryl/α,β-unsaturated/α-hetero) is 1. The zero-order valence-corrected chi connectivity index (χ0v) is 10.0. The number of carbonyl (C=O) groups is 3. The molecule has 0 aliphatic heterocycles. The van der Waals surface area contributed by atoms with Crippen molar-refractivity contribution in [1.82, 2.24) is 0 Å². The largest absolute Gasteiger partial charge is 0.481 e. The van der Waals surface area contributed by atoms with E-state index >= 15 is 0 Å². The quantitative estimate of drug-likeness (QED) is 0.385. The summed E-state index contributed by atoms with van der Waals surface area (Å²) < 4.78 is 5.26. The summed E-state index contributed by atoms with van der Waals surface area (Å²) in [7, 11) is 5.53. The van der Waals surface area contributed by atoms with Crippen LogP contribution >= 0.6 is 0 Å². The molecule has 0 amide bonds. The molecule has 0 radical (unpaired) electrons. The lowest BCUT2D eigenvalue weighted by Crippen LogP contribution is -2.44. The van der Waals surface area contributed by atoms with E-state index in [1.54, 1.807) is 0 Å². The number of nitrogens with zero attached hydrogens (tertiary/aromatic N) is 1. The normalized spacial score (nSPS) is 13.0. The second kappa shape index (κ2) is 5.60. The van der Waals surface area contributed by atoms with Gasteiger partial charge in [0.15, 0.2) is 6.10 Å². The fourth-order valence-electron chi connectivity index (χ4n) is 1.18. The Morgan fingerprint density at radius 3 is 2.06 bits per heavy atom. The Morgan fingerprint density at radius 2 is 1.75 bits per heavy atom. The molecule has 0 bridgehead atoms. The van der Waals surface area contributed by atoms with Gasteiger partial charge in [-0.25, -0.2) is 4.79 Å². The molecule has 0 aromatic rings. The molecule has 1 N–H and O–H groups in total. The first kappa shape index (κ1) is 14.6. The van der Waals surface area contributed by atoms with Gasteiger partial charge in [-0.15, -0.1) is 0 Å². The topological polar surface area (TPSA) is 80.7 Å². The lowest BCUT2D eigenvalue weighted by atomic mass is 10.2. The molecule has 0 spiro atoms. The number of ether oxygens (including phenoxy) is 1. The molecule has 0 aliphatic carbocycles. The number of carboxylic acids is 1. The Hall–Kier alpha value is -1.43. The van der Waals surface area contributed by atoms with Crippen molar-refractivity contribution in [2.75, 3.05) is 27.7 Å². The summed E-state index contributed by atoms with van der Waals surface area (Å²) >= 11 is 0. The van der Waals surface area contributed by atoms with Gasteiger partial charge < -0.3 is 14.3 Å². The Balaban J connectivity index is 4.49. The Labute approximate surface area is 94.4 Å². The highest BCUT2D eigenvalue weighted by Gasteiger charge is 2.26. The predicted molar refractivity (Wildman–Crippen MR) is 55.7 cm³/mol. The molecule has 0 heterocycles. The molecule has 0 aliphatic rings. The van der Waals surface area contributed by atoms with Crippen LogP contribution in [0.5, 0.6) is 0 Å². The van der Waals surface area contributed by atoms with Gasteiger partial charge in [-0.1, -0.05) is 0 Å². The van der Waals surface area contributed by atoms with E-state index in [-0.39, 0.29) is 6.42 Å². The first-order chi connectivity index (χ1) is 7.11. The van der Waals surface area contributed by atoms with Crippen LogP contribution in [0.25, 0.3) is 0 Å². The molecule has 6 nitrogen and oxygen atoms in total. The van der Waals surface area contributed by atoms with Gasteiger partial charge in [-0.2, -0.15) is 0 Å². The number of esters is 1. The zero-order valence-electron chi connectivity index (χ0n) is 10.0. The summed E-state index contributed by atoms with van der Waals surface area (Å²) in [6.45, 7) is 1.43. The van der Waals surface area contributed by atoms with E-state index < -0.39 is 23.8 Å². The van der Waals surface area contributed by atoms with Gasteiger partial charge in [-0.05, 0) is 0 Å². The minimum Gasteiger partial charge on any atom is -0.481 e.